The van der Waals surface area contributed by atoms with Gasteiger partial charge in [0.05, 0.1) is 13.2 Å². The van der Waals surface area contributed by atoms with Crippen molar-refractivity contribution in [3.63, 3.8) is 0 Å². The third-order valence-electron chi connectivity index (χ3n) is 3.42. The summed E-state index contributed by atoms with van der Waals surface area (Å²) in [5, 5.41) is 3.05. The number of methoxy groups -OCH3 is 1. The predicted octanol–water partition coefficient (Wildman–Crippen LogP) is 2.53. The van der Waals surface area contributed by atoms with E-state index in [1.165, 1.54) is 0 Å². The van der Waals surface area contributed by atoms with Crippen LogP contribution in [-0.4, -0.2) is 13.0 Å². The van der Waals surface area contributed by atoms with Crippen LogP contribution in [0.5, 0.6) is 5.75 Å². The maximum absolute atomic E-state index is 11.8. The van der Waals surface area contributed by atoms with Crippen LogP contribution in [0.15, 0.2) is 24.3 Å². The molecule has 1 aromatic carbocycles. The van der Waals surface area contributed by atoms with Crippen LogP contribution >= 0.6 is 0 Å². The lowest BCUT2D eigenvalue weighted by Gasteiger charge is -2.14. The highest BCUT2D eigenvalue weighted by Crippen LogP contribution is 2.38. The Bertz CT molecular complexity index is 399. The Labute approximate surface area is 102 Å². The minimum Gasteiger partial charge on any atom is -0.497 e. The molecule has 0 saturated heterocycles. The van der Waals surface area contributed by atoms with Crippen LogP contribution in [0.4, 0.5) is 0 Å². The molecule has 2 rings (SSSR count). The van der Waals surface area contributed by atoms with Crippen molar-refractivity contribution < 1.29 is 9.53 Å². The third kappa shape index (κ3) is 2.78. The first-order chi connectivity index (χ1) is 8.11. The lowest BCUT2D eigenvalue weighted by atomic mass is 10.1. The van der Waals surface area contributed by atoms with E-state index in [4.69, 9.17) is 4.74 Å². The molecule has 1 aliphatic rings. The molecule has 1 fully saturated rings. The van der Waals surface area contributed by atoms with Gasteiger partial charge in [-0.1, -0.05) is 19.1 Å². The molecular formula is C14H19NO2. The summed E-state index contributed by atoms with van der Waals surface area (Å²) in [7, 11) is 1.65. The SMILES string of the molecule is COc1ccc([C@H](C)NC(=O)[C@H]2C[C@@H]2C)cc1. The predicted molar refractivity (Wildman–Crippen MR) is 66.8 cm³/mol. The van der Waals surface area contributed by atoms with Gasteiger partial charge in [0, 0.05) is 5.92 Å². The first kappa shape index (κ1) is 12.0. The molecule has 1 aliphatic carbocycles. The average Bonchev–Trinajstić information content (AvgIpc) is 3.06. The van der Waals surface area contributed by atoms with E-state index in [1.807, 2.05) is 31.2 Å². The number of nitrogens with one attached hydrogen (secondary N) is 1. The Hall–Kier alpha value is -1.51. The van der Waals surface area contributed by atoms with Gasteiger partial charge in [-0.25, -0.2) is 0 Å². The summed E-state index contributed by atoms with van der Waals surface area (Å²) in [6.45, 7) is 4.12. The van der Waals surface area contributed by atoms with Gasteiger partial charge in [0.25, 0.3) is 0 Å². The fourth-order valence-corrected chi connectivity index (χ4v) is 1.98. The average molecular weight is 233 g/mol. The molecule has 1 saturated carbocycles. The summed E-state index contributed by atoms with van der Waals surface area (Å²) >= 11 is 0. The van der Waals surface area contributed by atoms with Crippen molar-refractivity contribution in [2.45, 2.75) is 26.3 Å². The zero-order valence-corrected chi connectivity index (χ0v) is 10.6. The van der Waals surface area contributed by atoms with Crippen molar-refractivity contribution in [1.29, 1.82) is 0 Å². The molecule has 1 aromatic rings. The fourth-order valence-electron chi connectivity index (χ4n) is 1.98. The van der Waals surface area contributed by atoms with Gasteiger partial charge in [-0.15, -0.1) is 0 Å². The van der Waals surface area contributed by atoms with E-state index >= 15 is 0 Å². The second kappa shape index (κ2) is 4.78. The van der Waals surface area contributed by atoms with Crippen LogP contribution in [0, 0.1) is 11.8 Å². The standard InChI is InChI=1S/C14H19NO2/c1-9-8-13(9)14(16)15-10(2)11-4-6-12(17-3)7-5-11/h4-7,9-10,13H,8H2,1-3H3,(H,15,16)/t9-,10-,13-/m0/s1. The zero-order valence-electron chi connectivity index (χ0n) is 10.6. The molecule has 17 heavy (non-hydrogen) atoms. The molecule has 0 aliphatic heterocycles. The van der Waals surface area contributed by atoms with Crippen LogP contribution in [0.1, 0.15) is 31.9 Å². The summed E-state index contributed by atoms with van der Waals surface area (Å²) in [6.07, 6.45) is 1.03. The van der Waals surface area contributed by atoms with Gasteiger partial charge in [-0.3, -0.25) is 4.79 Å². The second-order valence-corrected chi connectivity index (χ2v) is 4.82. The summed E-state index contributed by atoms with van der Waals surface area (Å²) < 4.78 is 5.10. The quantitative estimate of drug-likeness (QED) is 0.867. The van der Waals surface area contributed by atoms with E-state index in [0.29, 0.717) is 5.92 Å². The summed E-state index contributed by atoms with van der Waals surface area (Å²) in [5.74, 6) is 1.80. The Kier molecular flexibility index (Phi) is 3.36. The number of benzene rings is 1. The molecular weight excluding hydrogens is 214 g/mol. The summed E-state index contributed by atoms with van der Waals surface area (Å²) in [6, 6.07) is 7.86. The number of carbonyl (C=O) groups excluding carboxylic acids is 1. The lowest BCUT2D eigenvalue weighted by Crippen LogP contribution is -2.28. The minimum absolute atomic E-state index is 0.0567. The van der Waals surface area contributed by atoms with Crippen LogP contribution < -0.4 is 10.1 Å². The molecule has 0 unspecified atom stereocenters. The molecule has 0 aromatic heterocycles. The van der Waals surface area contributed by atoms with Crippen LogP contribution in [-0.2, 0) is 4.79 Å². The van der Waals surface area contributed by atoms with Gasteiger partial charge in [0.15, 0.2) is 0 Å². The van der Waals surface area contributed by atoms with E-state index in [1.54, 1.807) is 7.11 Å². The molecule has 1 N–H and O–H groups in total. The highest BCUT2D eigenvalue weighted by atomic mass is 16.5. The van der Waals surface area contributed by atoms with Gasteiger partial charge in [0.1, 0.15) is 5.75 Å². The highest BCUT2D eigenvalue weighted by Gasteiger charge is 2.39. The molecule has 0 heterocycles. The monoisotopic (exact) mass is 233 g/mol. The molecule has 1 amide bonds. The van der Waals surface area contributed by atoms with Gasteiger partial charge < -0.3 is 10.1 Å². The fraction of sp³-hybridized carbons (Fsp3) is 0.500. The summed E-state index contributed by atoms with van der Waals surface area (Å²) in [5.41, 5.74) is 1.10. The number of ether oxygens (including phenoxy) is 1. The maximum atomic E-state index is 11.8. The Morgan fingerprint density at radius 1 is 1.41 bits per heavy atom. The van der Waals surface area contributed by atoms with E-state index in [2.05, 4.69) is 12.2 Å². The molecule has 0 radical (unpaired) electrons. The van der Waals surface area contributed by atoms with Crippen molar-refractivity contribution in [2.24, 2.45) is 11.8 Å². The number of hydrogen-bond acceptors (Lipinski definition) is 2. The Morgan fingerprint density at radius 2 is 2.00 bits per heavy atom. The third-order valence-corrected chi connectivity index (χ3v) is 3.42. The number of amides is 1. The largest absolute Gasteiger partial charge is 0.497 e. The first-order valence-electron chi connectivity index (χ1n) is 6.06. The minimum atomic E-state index is 0.0567. The smallest absolute Gasteiger partial charge is 0.223 e. The normalized spacial score (nSPS) is 23.9. The lowest BCUT2D eigenvalue weighted by molar-refractivity contribution is -0.123. The Balaban J connectivity index is 1.94. The van der Waals surface area contributed by atoms with E-state index in [9.17, 15) is 4.79 Å². The van der Waals surface area contributed by atoms with Crippen molar-refractivity contribution in [1.82, 2.24) is 5.32 Å². The van der Waals surface area contributed by atoms with E-state index in [0.717, 1.165) is 17.7 Å². The topological polar surface area (TPSA) is 38.3 Å². The zero-order chi connectivity index (χ0) is 12.4. The number of rotatable bonds is 4. The van der Waals surface area contributed by atoms with Crippen LogP contribution in [0.2, 0.25) is 0 Å². The van der Waals surface area contributed by atoms with Gasteiger partial charge in [-0.05, 0) is 37.0 Å². The maximum Gasteiger partial charge on any atom is 0.223 e. The molecule has 3 heteroatoms. The van der Waals surface area contributed by atoms with Gasteiger partial charge in [-0.2, -0.15) is 0 Å². The number of hydrogen-bond donors (Lipinski definition) is 1. The van der Waals surface area contributed by atoms with Crippen molar-refractivity contribution in [3.8, 4) is 5.75 Å². The van der Waals surface area contributed by atoms with Crippen LogP contribution in [0.3, 0.4) is 0 Å². The summed E-state index contributed by atoms with van der Waals surface area (Å²) in [4.78, 5) is 11.8. The molecule has 0 spiro atoms. The number of carbonyl (C=O) groups is 1. The first-order valence-corrected chi connectivity index (χ1v) is 6.06. The van der Waals surface area contributed by atoms with Gasteiger partial charge >= 0.3 is 0 Å². The van der Waals surface area contributed by atoms with Crippen molar-refractivity contribution in [3.05, 3.63) is 29.8 Å². The van der Waals surface area contributed by atoms with Crippen LogP contribution in [0.25, 0.3) is 0 Å². The van der Waals surface area contributed by atoms with Crippen molar-refractivity contribution >= 4 is 5.91 Å². The van der Waals surface area contributed by atoms with E-state index < -0.39 is 0 Å². The molecule has 92 valence electrons. The molecule has 0 bridgehead atoms. The van der Waals surface area contributed by atoms with E-state index in [-0.39, 0.29) is 17.9 Å². The highest BCUT2D eigenvalue weighted by molar-refractivity contribution is 5.81. The second-order valence-electron chi connectivity index (χ2n) is 4.82. The van der Waals surface area contributed by atoms with Gasteiger partial charge in [0.2, 0.25) is 5.91 Å². The Morgan fingerprint density at radius 3 is 2.47 bits per heavy atom. The molecule has 3 atom stereocenters. The molecule has 3 nitrogen and oxygen atoms in total. The van der Waals surface area contributed by atoms with Crippen molar-refractivity contribution in [2.75, 3.05) is 7.11 Å².